The maximum atomic E-state index is 12.6. The second-order valence-electron chi connectivity index (χ2n) is 3.81. The molecule has 0 saturated heterocycles. The minimum atomic E-state index is -4.42. The Morgan fingerprint density at radius 2 is 2.06 bits per heavy atom. The van der Waals surface area contributed by atoms with Crippen LogP contribution < -0.4 is 10.5 Å². The summed E-state index contributed by atoms with van der Waals surface area (Å²) >= 11 is 0. The van der Waals surface area contributed by atoms with E-state index >= 15 is 0 Å². The monoisotopic (exact) mass is 263 g/mol. The number of benzene rings is 1. The molecule has 2 N–H and O–H groups in total. The average molecular weight is 263 g/mol. The van der Waals surface area contributed by atoms with Crippen LogP contribution in [0.2, 0.25) is 0 Å². The van der Waals surface area contributed by atoms with E-state index in [1.165, 1.54) is 19.2 Å². The topological polar surface area (TPSA) is 44.5 Å². The largest absolute Gasteiger partial charge is 0.481 e. The predicted molar refractivity (Wildman–Crippen MR) is 61.3 cm³/mol. The Kier molecular flexibility index (Phi) is 5.43. The van der Waals surface area contributed by atoms with Gasteiger partial charge < -0.3 is 15.2 Å². The molecule has 1 aromatic rings. The van der Waals surface area contributed by atoms with Gasteiger partial charge in [-0.2, -0.15) is 13.2 Å². The number of rotatable bonds is 6. The highest BCUT2D eigenvalue weighted by Gasteiger charge is 2.41. The van der Waals surface area contributed by atoms with Crippen molar-refractivity contribution in [3.63, 3.8) is 0 Å². The summed E-state index contributed by atoms with van der Waals surface area (Å²) in [6.45, 7) is 0.243. The van der Waals surface area contributed by atoms with Crippen molar-refractivity contribution in [2.24, 2.45) is 5.73 Å². The number of halogens is 3. The third kappa shape index (κ3) is 4.54. The van der Waals surface area contributed by atoms with Gasteiger partial charge in [0.15, 0.2) is 6.10 Å². The molecular formula is C12H16F3NO2. The molecule has 1 unspecified atom stereocenters. The average Bonchev–Trinajstić information content (AvgIpc) is 2.28. The van der Waals surface area contributed by atoms with Gasteiger partial charge >= 0.3 is 6.18 Å². The lowest BCUT2D eigenvalue weighted by Crippen LogP contribution is -2.36. The van der Waals surface area contributed by atoms with Crippen LogP contribution in [0, 0.1) is 0 Å². The Labute approximate surface area is 104 Å². The molecule has 18 heavy (non-hydrogen) atoms. The van der Waals surface area contributed by atoms with Crippen LogP contribution in [0.3, 0.4) is 0 Å². The summed E-state index contributed by atoms with van der Waals surface area (Å²) < 4.78 is 47.8. The van der Waals surface area contributed by atoms with E-state index < -0.39 is 12.3 Å². The van der Waals surface area contributed by atoms with E-state index in [4.69, 9.17) is 15.2 Å². The summed E-state index contributed by atoms with van der Waals surface area (Å²) in [5.74, 6) is 0.167. The Balaban J connectivity index is 2.77. The summed E-state index contributed by atoms with van der Waals surface area (Å²) in [4.78, 5) is 0. The lowest BCUT2D eigenvalue weighted by Gasteiger charge is -2.21. The number of hydrogen-bond donors (Lipinski definition) is 1. The van der Waals surface area contributed by atoms with Crippen molar-refractivity contribution in [2.45, 2.75) is 25.3 Å². The van der Waals surface area contributed by atoms with Gasteiger partial charge in [-0.05, 0) is 24.2 Å². The predicted octanol–water partition coefficient (Wildman–Crippen LogP) is 2.49. The number of ether oxygens (including phenoxy) is 2. The highest BCUT2D eigenvalue weighted by Crippen LogP contribution is 2.27. The third-order valence-electron chi connectivity index (χ3n) is 2.28. The molecule has 0 aromatic heterocycles. The van der Waals surface area contributed by atoms with E-state index in [9.17, 15) is 13.2 Å². The fourth-order valence-electron chi connectivity index (χ4n) is 1.48. The van der Waals surface area contributed by atoms with Crippen molar-refractivity contribution in [3.8, 4) is 5.75 Å². The molecular weight excluding hydrogens is 247 g/mol. The zero-order chi connectivity index (χ0) is 13.6. The Hall–Kier alpha value is -1.27. The highest BCUT2D eigenvalue weighted by molar-refractivity contribution is 5.28. The SMILES string of the molecule is COCc1cccc(OC(CCN)C(F)(F)F)c1. The van der Waals surface area contributed by atoms with Gasteiger partial charge in [-0.3, -0.25) is 0 Å². The van der Waals surface area contributed by atoms with Crippen LogP contribution in [0.15, 0.2) is 24.3 Å². The van der Waals surface area contributed by atoms with Gasteiger partial charge in [-0.25, -0.2) is 0 Å². The van der Waals surface area contributed by atoms with Crippen LogP contribution in [0.4, 0.5) is 13.2 Å². The Morgan fingerprint density at radius 3 is 2.61 bits per heavy atom. The third-order valence-corrected chi connectivity index (χ3v) is 2.28. The van der Waals surface area contributed by atoms with Gasteiger partial charge in [0.2, 0.25) is 0 Å². The maximum absolute atomic E-state index is 12.6. The molecule has 0 aliphatic rings. The standard InChI is InChI=1S/C12H16F3NO2/c1-17-8-9-3-2-4-10(7-9)18-11(5-6-16)12(13,14)15/h2-4,7,11H,5-6,8,16H2,1H3. The number of methoxy groups -OCH3 is 1. The van der Waals surface area contributed by atoms with E-state index in [-0.39, 0.29) is 18.7 Å². The number of alkyl halides is 3. The van der Waals surface area contributed by atoms with Crippen molar-refractivity contribution in [1.29, 1.82) is 0 Å². The van der Waals surface area contributed by atoms with Crippen molar-refractivity contribution in [3.05, 3.63) is 29.8 Å². The number of nitrogens with two attached hydrogens (primary N) is 1. The quantitative estimate of drug-likeness (QED) is 0.857. The summed E-state index contributed by atoms with van der Waals surface area (Å²) in [5.41, 5.74) is 5.91. The van der Waals surface area contributed by atoms with Crippen LogP contribution in [0.1, 0.15) is 12.0 Å². The van der Waals surface area contributed by atoms with Gasteiger partial charge in [0.25, 0.3) is 0 Å². The molecule has 0 saturated carbocycles. The molecule has 0 radical (unpaired) electrons. The first-order valence-corrected chi connectivity index (χ1v) is 5.48. The van der Waals surface area contributed by atoms with Crippen LogP contribution in [0.5, 0.6) is 5.75 Å². The fraction of sp³-hybridized carbons (Fsp3) is 0.500. The minimum Gasteiger partial charge on any atom is -0.481 e. The Bertz CT molecular complexity index is 369. The van der Waals surface area contributed by atoms with E-state index in [1.54, 1.807) is 12.1 Å². The summed E-state index contributed by atoms with van der Waals surface area (Å²) in [6.07, 6.45) is -6.56. The number of hydrogen-bond acceptors (Lipinski definition) is 3. The van der Waals surface area contributed by atoms with Gasteiger partial charge in [0.05, 0.1) is 6.61 Å². The maximum Gasteiger partial charge on any atom is 0.425 e. The second kappa shape index (κ2) is 6.61. The summed E-state index contributed by atoms with van der Waals surface area (Å²) in [6, 6.07) is 6.38. The molecule has 1 rings (SSSR count). The molecule has 0 heterocycles. The second-order valence-corrected chi connectivity index (χ2v) is 3.81. The van der Waals surface area contributed by atoms with Crippen molar-refractivity contribution in [2.75, 3.05) is 13.7 Å². The molecule has 0 amide bonds. The lowest BCUT2D eigenvalue weighted by atomic mass is 10.2. The van der Waals surface area contributed by atoms with Crippen LogP contribution in [-0.4, -0.2) is 25.9 Å². The van der Waals surface area contributed by atoms with E-state index in [0.29, 0.717) is 6.61 Å². The molecule has 1 aromatic carbocycles. The molecule has 6 heteroatoms. The minimum absolute atomic E-state index is 0.0814. The van der Waals surface area contributed by atoms with Crippen molar-refractivity contribution < 1.29 is 22.6 Å². The molecule has 0 spiro atoms. The first kappa shape index (κ1) is 14.8. The van der Waals surface area contributed by atoms with Crippen LogP contribution in [-0.2, 0) is 11.3 Å². The normalized spacial score (nSPS) is 13.4. The molecule has 1 atom stereocenters. The molecule has 3 nitrogen and oxygen atoms in total. The highest BCUT2D eigenvalue weighted by atomic mass is 19.4. The smallest absolute Gasteiger partial charge is 0.425 e. The van der Waals surface area contributed by atoms with Gasteiger partial charge in [0.1, 0.15) is 5.75 Å². The Morgan fingerprint density at radius 1 is 1.33 bits per heavy atom. The first-order valence-electron chi connectivity index (χ1n) is 5.48. The van der Waals surface area contributed by atoms with Gasteiger partial charge in [-0.1, -0.05) is 12.1 Å². The van der Waals surface area contributed by atoms with Crippen LogP contribution in [0.25, 0.3) is 0 Å². The lowest BCUT2D eigenvalue weighted by molar-refractivity contribution is -0.196. The zero-order valence-electron chi connectivity index (χ0n) is 10.0. The van der Waals surface area contributed by atoms with E-state index in [0.717, 1.165) is 5.56 Å². The summed E-state index contributed by atoms with van der Waals surface area (Å²) in [7, 11) is 1.51. The van der Waals surface area contributed by atoms with Gasteiger partial charge in [-0.15, -0.1) is 0 Å². The molecule has 0 aliphatic heterocycles. The fourth-order valence-corrected chi connectivity index (χ4v) is 1.48. The summed E-state index contributed by atoms with van der Waals surface area (Å²) in [5, 5.41) is 0. The molecule has 0 bridgehead atoms. The van der Waals surface area contributed by atoms with Crippen LogP contribution >= 0.6 is 0 Å². The van der Waals surface area contributed by atoms with Crippen molar-refractivity contribution in [1.82, 2.24) is 0 Å². The van der Waals surface area contributed by atoms with Gasteiger partial charge in [0, 0.05) is 13.5 Å². The van der Waals surface area contributed by atoms with E-state index in [1.807, 2.05) is 0 Å². The first-order chi connectivity index (χ1) is 8.47. The van der Waals surface area contributed by atoms with E-state index in [2.05, 4.69) is 0 Å². The zero-order valence-corrected chi connectivity index (χ0v) is 10.0. The molecule has 0 aliphatic carbocycles. The molecule has 102 valence electrons. The van der Waals surface area contributed by atoms with Crippen molar-refractivity contribution >= 4 is 0 Å². The molecule has 0 fully saturated rings.